The fourth-order valence-corrected chi connectivity index (χ4v) is 5.34. The Bertz CT molecular complexity index is 586. The first-order valence-electron chi connectivity index (χ1n) is 7.85. The zero-order valence-electron chi connectivity index (χ0n) is 13.9. The molecule has 2 fully saturated rings. The Hall–Kier alpha value is -1.00. The molecule has 1 aliphatic carbocycles. The van der Waals surface area contributed by atoms with E-state index in [1.165, 1.54) is 0 Å². The van der Waals surface area contributed by atoms with Gasteiger partial charge in [0.1, 0.15) is 0 Å². The van der Waals surface area contributed by atoms with Gasteiger partial charge in [0.2, 0.25) is 0 Å². The van der Waals surface area contributed by atoms with Crippen LogP contribution in [0.4, 0.5) is 0 Å². The molecule has 1 heterocycles. The molecule has 120 valence electrons. The number of hydrogen-bond acceptors (Lipinski definition) is 3. The molecule has 1 aliphatic heterocycles. The van der Waals surface area contributed by atoms with Crippen molar-refractivity contribution >= 4 is 17.7 Å². The lowest BCUT2D eigenvalue weighted by Crippen LogP contribution is -2.55. The van der Waals surface area contributed by atoms with Crippen LogP contribution < -0.4 is 0 Å². The van der Waals surface area contributed by atoms with Crippen LogP contribution >= 0.6 is 11.8 Å². The molecule has 3 nitrogen and oxygen atoms in total. The second-order valence-electron chi connectivity index (χ2n) is 7.40. The average molecular weight is 319 g/mol. The van der Waals surface area contributed by atoms with E-state index in [-0.39, 0.29) is 11.3 Å². The van der Waals surface area contributed by atoms with E-state index in [9.17, 15) is 4.79 Å². The summed E-state index contributed by atoms with van der Waals surface area (Å²) in [7, 11) is 1.77. The number of rotatable bonds is 4. The Morgan fingerprint density at radius 1 is 1.41 bits per heavy atom. The van der Waals surface area contributed by atoms with Crippen molar-refractivity contribution in [2.24, 2.45) is 16.7 Å². The van der Waals surface area contributed by atoms with E-state index in [4.69, 9.17) is 4.74 Å². The second kappa shape index (κ2) is 5.57. The molecule has 2 atom stereocenters. The average Bonchev–Trinajstić information content (AvgIpc) is 2.81. The molecule has 1 saturated heterocycles. The molecule has 1 amide bonds. The van der Waals surface area contributed by atoms with Gasteiger partial charge in [0.15, 0.2) is 0 Å². The molecule has 4 heteroatoms. The molecule has 22 heavy (non-hydrogen) atoms. The Morgan fingerprint density at radius 2 is 2.14 bits per heavy atom. The smallest absolute Gasteiger partial charge is 0.255 e. The molecule has 0 unspecified atom stereocenters. The van der Waals surface area contributed by atoms with Gasteiger partial charge >= 0.3 is 0 Å². The van der Waals surface area contributed by atoms with Gasteiger partial charge in [-0.05, 0) is 36.1 Å². The molecule has 0 aromatic heterocycles. The molecule has 1 aromatic carbocycles. The van der Waals surface area contributed by atoms with Crippen LogP contribution in [0.25, 0.3) is 0 Å². The van der Waals surface area contributed by atoms with Crippen LogP contribution in [0.15, 0.2) is 29.2 Å². The van der Waals surface area contributed by atoms with Gasteiger partial charge in [0.05, 0.1) is 12.2 Å². The number of ether oxygens (including phenoxy) is 1. The van der Waals surface area contributed by atoms with Crippen LogP contribution in [-0.4, -0.2) is 43.9 Å². The summed E-state index contributed by atoms with van der Waals surface area (Å²) < 4.78 is 5.48. The molecule has 1 aromatic rings. The number of amides is 1. The van der Waals surface area contributed by atoms with E-state index in [2.05, 4.69) is 13.8 Å². The summed E-state index contributed by atoms with van der Waals surface area (Å²) in [5, 5.41) is 0. The predicted octanol–water partition coefficient (Wildman–Crippen LogP) is 3.54. The number of nitrogens with zero attached hydrogens (tertiary/aromatic N) is 1. The number of methoxy groups -OCH3 is 1. The molecule has 2 aliphatic rings. The minimum Gasteiger partial charge on any atom is -0.384 e. The Kier molecular flexibility index (Phi) is 4.02. The van der Waals surface area contributed by atoms with Gasteiger partial charge in [-0.25, -0.2) is 0 Å². The number of benzene rings is 1. The van der Waals surface area contributed by atoms with E-state index in [1.54, 1.807) is 18.9 Å². The maximum Gasteiger partial charge on any atom is 0.255 e. The number of hydrogen-bond donors (Lipinski definition) is 0. The molecule has 0 spiro atoms. The fraction of sp³-hybridized carbons (Fsp3) is 0.611. The van der Waals surface area contributed by atoms with E-state index in [0.717, 1.165) is 36.6 Å². The first-order chi connectivity index (χ1) is 10.4. The van der Waals surface area contributed by atoms with Crippen molar-refractivity contribution in [1.29, 1.82) is 0 Å². The van der Waals surface area contributed by atoms with E-state index in [0.29, 0.717) is 11.3 Å². The quantitative estimate of drug-likeness (QED) is 0.795. The monoisotopic (exact) mass is 319 g/mol. The van der Waals surface area contributed by atoms with Crippen molar-refractivity contribution in [2.75, 3.05) is 33.1 Å². The van der Waals surface area contributed by atoms with Crippen LogP contribution in [0.2, 0.25) is 0 Å². The van der Waals surface area contributed by atoms with Gasteiger partial charge in [0, 0.05) is 30.5 Å². The van der Waals surface area contributed by atoms with Crippen molar-refractivity contribution in [3.05, 3.63) is 29.8 Å². The fourth-order valence-electron chi connectivity index (χ4n) is 4.75. The van der Waals surface area contributed by atoms with Gasteiger partial charge in [-0.3, -0.25) is 4.79 Å². The predicted molar refractivity (Wildman–Crippen MR) is 90.3 cm³/mol. The highest BCUT2D eigenvalue weighted by atomic mass is 32.2. The zero-order valence-corrected chi connectivity index (χ0v) is 14.7. The molecule has 0 bridgehead atoms. The Labute approximate surface area is 137 Å². The van der Waals surface area contributed by atoms with Crippen LogP contribution in [0, 0.1) is 16.7 Å². The molecular weight excluding hydrogens is 294 g/mol. The first-order valence-corrected chi connectivity index (χ1v) is 9.07. The zero-order chi connectivity index (χ0) is 16.0. The van der Waals surface area contributed by atoms with Crippen LogP contribution in [0.5, 0.6) is 0 Å². The van der Waals surface area contributed by atoms with Crippen LogP contribution in [0.1, 0.15) is 30.6 Å². The van der Waals surface area contributed by atoms with Crippen molar-refractivity contribution in [1.82, 2.24) is 4.90 Å². The minimum absolute atomic E-state index is 0.169. The van der Waals surface area contributed by atoms with Gasteiger partial charge in [0.25, 0.3) is 5.91 Å². The summed E-state index contributed by atoms with van der Waals surface area (Å²) in [4.78, 5) is 16.1. The number of fused-ring (bicyclic) bond motifs is 1. The van der Waals surface area contributed by atoms with E-state index >= 15 is 0 Å². The highest BCUT2D eigenvalue weighted by Gasteiger charge is 2.63. The third kappa shape index (κ3) is 2.37. The molecule has 3 rings (SSSR count). The second-order valence-corrected chi connectivity index (χ2v) is 8.25. The lowest BCUT2D eigenvalue weighted by atomic mass is 9.48. The summed E-state index contributed by atoms with van der Waals surface area (Å²) >= 11 is 1.64. The molecule has 0 radical (unpaired) electrons. The maximum absolute atomic E-state index is 13.0. The topological polar surface area (TPSA) is 29.5 Å². The van der Waals surface area contributed by atoms with Crippen LogP contribution in [-0.2, 0) is 4.74 Å². The summed E-state index contributed by atoms with van der Waals surface area (Å²) in [6.45, 7) is 7.08. The highest BCUT2D eigenvalue weighted by molar-refractivity contribution is 7.98. The summed E-state index contributed by atoms with van der Waals surface area (Å²) in [5.74, 6) is 0.718. The molecule has 0 N–H and O–H groups in total. The minimum atomic E-state index is 0.169. The molecular formula is C18H25NO2S. The van der Waals surface area contributed by atoms with Crippen molar-refractivity contribution in [3.8, 4) is 0 Å². The molecule has 1 saturated carbocycles. The number of likely N-dealkylation sites (tertiary alicyclic amines) is 1. The lowest BCUT2D eigenvalue weighted by Gasteiger charge is -2.56. The van der Waals surface area contributed by atoms with Gasteiger partial charge in [-0.15, -0.1) is 11.8 Å². The number of carbonyl (C=O) groups excluding carboxylic acids is 1. The van der Waals surface area contributed by atoms with E-state index < -0.39 is 0 Å². The first kappa shape index (κ1) is 15.9. The van der Waals surface area contributed by atoms with Crippen molar-refractivity contribution < 1.29 is 9.53 Å². The number of carbonyl (C=O) groups is 1. The van der Waals surface area contributed by atoms with Crippen LogP contribution in [0.3, 0.4) is 0 Å². The third-order valence-corrected chi connectivity index (χ3v) is 6.25. The van der Waals surface area contributed by atoms with Crippen molar-refractivity contribution in [3.63, 3.8) is 0 Å². The normalized spacial score (nSPS) is 29.1. The van der Waals surface area contributed by atoms with Crippen molar-refractivity contribution in [2.45, 2.75) is 25.2 Å². The van der Waals surface area contributed by atoms with E-state index in [1.807, 2.05) is 35.4 Å². The largest absolute Gasteiger partial charge is 0.384 e. The maximum atomic E-state index is 13.0. The third-order valence-electron chi connectivity index (χ3n) is 5.46. The van der Waals surface area contributed by atoms with Gasteiger partial charge in [-0.1, -0.05) is 26.0 Å². The van der Waals surface area contributed by atoms with Gasteiger partial charge < -0.3 is 9.64 Å². The van der Waals surface area contributed by atoms with Gasteiger partial charge in [-0.2, -0.15) is 0 Å². The Morgan fingerprint density at radius 3 is 2.77 bits per heavy atom. The number of thioether (sulfide) groups is 1. The Balaban J connectivity index is 1.84. The summed E-state index contributed by atoms with van der Waals surface area (Å²) in [5.41, 5.74) is 1.32. The summed E-state index contributed by atoms with van der Waals surface area (Å²) in [6.07, 6.45) is 3.17. The standard InChI is InChI=1S/C18H25NO2S/c1-17(2)10-18(12-21-3)11-19(9-15(17)18)16(20)13-7-5-6-8-14(13)22-4/h5-8,15H,9-12H2,1-4H3/t15-,18-/m1/s1. The SMILES string of the molecule is COC[C@@]12CN(C(=O)c3ccccc3SC)C[C@@H]1C(C)(C)C2. The highest BCUT2D eigenvalue weighted by Crippen LogP contribution is 2.62. The lowest BCUT2D eigenvalue weighted by molar-refractivity contribution is -0.107. The summed E-state index contributed by atoms with van der Waals surface area (Å²) in [6, 6.07) is 7.91.